The molecule has 0 saturated carbocycles. The summed E-state index contributed by atoms with van der Waals surface area (Å²) < 4.78 is 1.72. The Hall–Kier alpha value is -3.88. The summed E-state index contributed by atoms with van der Waals surface area (Å²) in [5, 5.41) is 24.2. The number of anilines is 2. The van der Waals surface area contributed by atoms with E-state index in [0.29, 0.717) is 12.2 Å². The largest absolute Gasteiger partial charge is 0.354 e. The molecule has 9 heteroatoms. The molecule has 1 saturated heterocycles. The summed E-state index contributed by atoms with van der Waals surface area (Å²) in [5.41, 5.74) is 4.15. The van der Waals surface area contributed by atoms with Gasteiger partial charge in [0.1, 0.15) is 0 Å². The third-order valence-electron chi connectivity index (χ3n) is 5.77. The van der Waals surface area contributed by atoms with Gasteiger partial charge in [-0.15, -0.1) is 15.3 Å². The Labute approximate surface area is 185 Å². The van der Waals surface area contributed by atoms with Gasteiger partial charge in [0, 0.05) is 24.3 Å². The summed E-state index contributed by atoms with van der Waals surface area (Å²) in [7, 11) is 0. The normalized spacial score (nSPS) is 16.3. The maximum absolute atomic E-state index is 12.9. The minimum Gasteiger partial charge on any atom is -0.354 e. The minimum atomic E-state index is -0.0904. The van der Waals surface area contributed by atoms with E-state index in [4.69, 9.17) is 0 Å². The molecule has 0 bridgehead atoms. The fourth-order valence-corrected chi connectivity index (χ4v) is 3.98. The maximum atomic E-state index is 12.9. The highest BCUT2D eigenvalue weighted by atomic mass is 16.1. The molecule has 1 aliphatic rings. The topological polar surface area (TPSA) is 101 Å². The number of aromatic nitrogens is 6. The first-order chi connectivity index (χ1) is 15.6. The van der Waals surface area contributed by atoms with Crippen molar-refractivity contribution in [3.8, 4) is 11.3 Å². The highest BCUT2D eigenvalue weighted by Crippen LogP contribution is 2.24. The summed E-state index contributed by atoms with van der Waals surface area (Å²) >= 11 is 0. The Morgan fingerprint density at radius 3 is 2.59 bits per heavy atom. The molecule has 3 aromatic heterocycles. The number of fused-ring (bicyclic) bond motifs is 1. The number of hydrogen-bond donors (Lipinski definition) is 1. The van der Waals surface area contributed by atoms with Crippen molar-refractivity contribution in [2.24, 2.45) is 5.92 Å². The van der Waals surface area contributed by atoms with E-state index in [-0.39, 0.29) is 11.8 Å². The first-order valence-corrected chi connectivity index (χ1v) is 10.7. The zero-order valence-electron chi connectivity index (χ0n) is 18.1. The SMILES string of the molecule is Cc1ccc(N2CCCC(C(=O)Nc3ccc(-c4ccc5nnc(C)n5n4)cc3)C2)nn1. The lowest BCUT2D eigenvalue weighted by molar-refractivity contribution is -0.120. The first kappa shape index (κ1) is 20.0. The van der Waals surface area contributed by atoms with Crippen LogP contribution in [-0.4, -0.2) is 49.0 Å². The Morgan fingerprint density at radius 1 is 0.969 bits per heavy atom. The second-order valence-corrected chi connectivity index (χ2v) is 8.12. The number of carbonyl (C=O) groups excluding carboxylic acids is 1. The van der Waals surface area contributed by atoms with Gasteiger partial charge in [-0.05, 0) is 63.1 Å². The number of amides is 1. The quantitative estimate of drug-likeness (QED) is 0.533. The number of piperidine rings is 1. The van der Waals surface area contributed by atoms with Crippen LogP contribution in [-0.2, 0) is 4.79 Å². The van der Waals surface area contributed by atoms with Gasteiger partial charge in [0.05, 0.1) is 17.3 Å². The molecule has 0 spiro atoms. The van der Waals surface area contributed by atoms with Crippen molar-refractivity contribution in [2.75, 3.05) is 23.3 Å². The molecule has 9 nitrogen and oxygen atoms in total. The Bertz CT molecular complexity index is 1250. The number of hydrogen-bond acceptors (Lipinski definition) is 7. The summed E-state index contributed by atoms with van der Waals surface area (Å²) in [6.45, 7) is 5.31. The van der Waals surface area contributed by atoms with Gasteiger partial charge in [0.15, 0.2) is 17.3 Å². The number of benzene rings is 1. The fourth-order valence-electron chi connectivity index (χ4n) is 3.98. The maximum Gasteiger partial charge on any atom is 0.229 e. The lowest BCUT2D eigenvalue weighted by atomic mass is 9.97. The number of carbonyl (C=O) groups is 1. The smallest absolute Gasteiger partial charge is 0.229 e. The van der Waals surface area contributed by atoms with Crippen molar-refractivity contribution in [2.45, 2.75) is 26.7 Å². The lowest BCUT2D eigenvalue weighted by Crippen LogP contribution is -2.41. The van der Waals surface area contributed by atoms with Crippen molar-refractivity contribution in [3.05, 3.63) is 60.0 Å². The number of nitrogens with one attached hydrogen (secondary N) is 1. The molecule has 4 aromatic rings. The highest BCUT2D eigenvalue weighted by molar-refractivity contribution is 5.93. The van der Waals surface area contributed by atoms with Crippen LogP contribution in [0, 0.1) is 19.8 Å². The molecule has 1 aliphatic heterocycles. The number of aryl methyl sites for hydroxylation is 2. The van der Waals surface area contributed by atoms with E-state index in [9.17, 15) is 4.79 Å². The number of rotatable bonds is 4. The molecule has 0 radical (unpaired) electrons. The van der Waals surface area contributed by atoms with Gasteiger partial charge in [-0.25, -0.2) is 0 Å². The predicted octanol–water partition coefficient (Wildman–Crippen LogP) is 3.05. The summed E-state index contributed by atoms with van der Waals surface area (Å²) in [6.07, 6.45) is 1.81. The molecule has 1 N–H and O–H groups in total. The highest BCUT2D eigenvalue weighted by Gasteiger charge is 2.26. The monoisotopic (exact) mass is 428 g/mol. The van der Waals surface area contributed by atoms with Crippen LogP contribution in [0.25, 0.3) is 16.9 Å². The predicted molar refractivity (Wildman–Crippen MR) is 121 cm³/mol. The average Bonchev–Trinajstić information content (AvgIpc) is 3.20. The lowest BCUT2D eigenvalue weighted by Gasteiger charge is -2.32. The molecule has 1 aromatic carbocycles. The van der Waals surface area contributed by atoms with Gasteiger partial charge in [-0.1, -0.05) is 12.1 Å². The van der Waals surface area contributed by atoms with Crippen LogP contribution in [0.5, 0.6) is 0 Å². The van der Waals surface area contributed by atoms with Gasteiger partial charge < -0.3 is 10.2 Å². The van der Waals surface area contributed by atoms with Gasteiger partial charge in [-0.2, -0.15) is 14.7 Å². The Kier molecular flexibility index (Phi) is 5.22. The first-order valence-electron chi connectivity index (χ1n) is 10.7. The van der Waals surface area contributed by atoms with Crippen molar-refractivity contribution < 1.29 is 4.79 Å². The zero-order chi connectivity index (χ0) is 22.1. The second-order valence-electron chi connectivity index (χ2n) is 8.12. The van der Waals surface area contributed by atoms with E-state index in [1.807, 2.05) is 62.4 Å². The van der Waals surface area contributed by atoms with Gasteiger partial charge in [-0.3, -0.25) is 4.79 Å². The molecule has 32 heavy (non-hydrogen) atoms. The molecule has 1 unspecified atom stereocenters. The third kappa shape index (κ3) is 4.01. The van der Waals surface area contributed by atoms with E-state index in [2.05, 4.69) is 35.7 Å². The molecule has 5 rings (SSSR count). The molecular weight excluding hydrogens is 404 g/mol. The van der Waals surface area contributed by atoms with Crippen LogP contribution in [0.1, 0.15) is 24.4 Å². The molecule has 1 amide bonds. The average molecular weight is 429 g/mol. The molecular formula is C23H24N8O. The molecule has 1 atom stereocenters. The molecule has 1 fully saturated rings. The van der Waals surface area contributed by atoms with Crippen molar-refractivity contribution in [3.63, 3.8) is 0 Å². The standard InChI is InChI=1S/C23H24N8O/c1-15-5-11-21(27-25-15)30-13-3-4-18(14-30)23(32)24-19-8-6-17(7-9-19)20-10-12-22-28-26-16(2)31(22)29-20/h5-12,18H,3-4,13-14H2,1-2H3,(H,24,32). The zero-order valence-corrected chi connectivity index (χ0v) is 18.1. The third-order valence-corrected chi connectivity index (χ3v) is 5.77. The Balaban J connectivity index is 1.26. The van der Waals surface area contributed by atoms with Crippen LogP contribution >= 0.6 is 0 Å². The molecule has 162 valence electrons. The Morgan fingerprint density at radius 2 is 1.81 bits per heavy atom. The van der Waals surface area contributed by atoms with E-state index in [1.54, 1.807) is 4.52 Å². The summed E-state index contributed by atoms with van der Waals surface area (Å²) in [5.74, 6) is 1.50. The van der Waals surface area contributed by atoms with Crippen LogP contribution in [0.3, 0.4) is 0 Å². The van der Waals surface area contributed by atoms with E-state index in [0.717, 1.165) is 53.7 Å². The van der Waals surface area contributed by atoms with Crippen molar-refractivity contribution >= 4 is 23.1 Å². The van der Waals surface area contributed by atoms with Crippen LogP contribution in [0.4, 0.5) is 11.5 Å². The van der Waals surface area contributed by atoms with E-state index in [1.165, 1.54) is 0 Å². The van der Waals surface area contributed by atoms with E-state index >= 15 is 0 Å². The number of nitrogens with zero attached hydrogens (tertiary/aromatic N) is 7. The molecule has 0 aliphatic carbocycles. The van der Waals surface area contributed by atoms with Crippen molar-refractivity contribution in [1.29, 1.82) is 0 Å². The van der Waals surface area contributed by atoms with Crippen LogP contribution < -0.4 is 10.2 Å². The van der Waals surface area contributed by atoms with Crippen LogP contribution in [0.15, 0.2) is 48.5 Å². The van der Waals surface area contributed by atoms with Crippen LogP contribution in [0.2, 0.25) is 0 Å². The van der Waals surface area contributed by atoms with E-state index < -0.39 is 0 Å². The summed E-state index contributed by atoms with van der Waals surface area (Å²) in [4.78, 5) is 15.0. The van der Waals surface area contributed by atoms with Gasteiger partial charge >= 0.3 is 0 Å². The minimum absolute atomic E-state index is 0.0298. The van der Waals surface area contributed by atoms with Crippen molar-refractivity contribution in [1.82, 2.24) is 30.0 Å². The van der Waals surface area contributed by atoms with Gasteiger partial charge in [0.2, 0.25) is 5.91 Å². The fraction of sp³-hybridized carbons (Fsp3) is 0.304. The molecule has 4 heterocycles. The second kappa shape index (κ2) is 8.33. The van der Waals surface area contributed by atoms with Gasteiger partial charge in [0.25, 0.3) is 0 Å². The summed E-state index contributed by atoms with van der Waals surface area (Å²) in [6, 6.07) is 15.5.